The minimum absolute atomic E-state index is 0.0598. The van der Waals surface area contributed by atoms with Crippen LogP contribution in [0.25, 0.3) is 0 Å². The molecule has 0 bridgehead atoms. The Morgan fingerprint density at radius 2 is 1.86 bits per heavy atom. The van der Waals surface area contributed by atoms with E-state index in [2.05, 4.69) is 12.2 Å². The Kier molecular flexibility index (Phi) is 8.24. The molecule has 1 aliphatic rings. The molecule has 1 saturated heterocycles. The predicted octanol–water partition coefficient (Wildman–Crippen LogP) is 3.43. The van der Waals surface area contributed by atoms with Crippen molar-refractivity contribution in [3.63, 3.8) is 0 Å². The number of nitro benzene ring substituents is 1. The molecule has 0 radical (unpaired) electrons. The summed E-state index contributed by atoms with van der Waals surface area (Å²) in [5.41, 5.74) is -1.43. The summed E-state index contributed by atoms with van der Waals surface area (Å²) < 4.78 is 38.5. The van der Waals surface area contributed by atoms with Gasteiger partial charge in [0.15, 0.2) is 0 Å². The molecule has 1 aliphatic heterocycles. The average Bonchev–Trinajstić information content (AvgIpc) is 2.67. The van der Waals surface area contributed by atoms with Crippen molar-refractivity contribution < 1.29 is 22.9 Å². The lowest BCUT2D eigenvalue weighted by molar-refractivity contribution is -0.384. The van der Waals surface area contributed by atoms with Crippen molar-refractivity contribution in [3.8, 4) is 0 Å². The van der Waals surface area contributed by atoms with Gasteiger partial charge in [0.2, 0.25) is 5.91 Å². The zero-order chi connectivity index (χ0) is 21.4. The number of rotatable bonds is 9. The summed E-state index contributed by atoms with van der Waals surface area (Å²) in [5.74, 6) is -0.0598. The van der Waals surface area contributed by atoms with Crippen molar-refractivity contribution in [1.82, 2.24) is 10.2 Å². The summed E-state index contributed by atoms with van der Waals surface area (Å²) in [5, 5.41) is 14.2. The molecule has 29 heavy (non-hydrogen) atoms. The monoisotopic (exact) mass is 416 g/mol. The molecule has 1 fully saturated rings. The molecule has 1 amide bonds. The summed E-state index contributed by atoms with van der Waals surface area (Å²) in [4.78, 5) is 26.1. The number of carbonyl (C=O) groups excluding carboxylic acids is 1. The highest BCUT2D eigenvalue weighted by Crippen LogP contribution is 2.36. The third-order valence-corrected chi connectivity index (χ3v) is 4.93. The summed E-state index contributed by atoms with van der Waals surface area (Å²) in [6.45, 7) is 4.82. The van der Waals surface area contributed by atoms with Crippen LogP contribution in [0, 0.1) is 10.1 Å². The smallest absolute Gasteiger partial charge is 0.363 e. The second-order valence-corrected chi connectivity index (χ2v) is 7.13. The maximum absolute atomic E-state index is 12.8. The van der Waals surface area contributed by atoms with E-state index >= 15 is 0 Å². The van der Waals surface area contributed by atoms with Gasteiger partial charge in [0.05, 0.1) is 17.0 Å². The van der Waals surface area contributed by atoms with Crippen molar-refractivity contribution in [2.45, 2.75) is 38.8 Å². The van der Waals surface area contributed by atoms with E-state index in [0.29, 0.717) is 38.8 Å². The first-order valence-electron chi connectivity index (χ1n) is 9.82. The van der Waals surface area contributed by atoms with Crippen LogP contribution >= 0.6 is 0 Å². The maximum atomic E-state index is 12.8. The van der Waals surface area contributed by atoms with Gasteiger partial charge in [-0.05, 0) is 18.6 Å². The predicted molar refractivity (Wildman–Crippen MR) is 104 cm³/mol. The summed E-state index contributed by atoms with van der Waals surface area (Å²) in [6, 6.07) is 2.59. The largest absolute Gasteiger partial charge is 0.416 e. The van der Waals surface area contributed by atoms with Crippen LogP contribution in [0.3, 0.4) is 0 Å². The average molecular weight is 416 g/mol. The van der Waals surface area contributed by atoms with Crippen LogP contribution in [0.15, 0.2) is 18.2 Å². The van der Waals surface area contributed by atoms with Crippen LogP contribution in [0.4, 0.5) is 24.5 Å². The quantitative estimate of drug-likeness (QED) is 0.379. The van der Waals surface area contributed by atoms with Gasteiger partial charge in [0, 0.05) is 38.8 Å². The van der Waals surface area contributed by atoms with Gasteiger partial charge < -0.3 is 10.2 Å². The van der Waals surface area contributed by atoms with Crippen LogP contribution in [0.1, 0.15) is 38.2 Å². The van der Waals surface area contributed by atoms with Crippen molar-refractivity contribution in [2.24, 2.45) is 0 Å². The third kappa shape index (κ3) is 6.88. The molecule has 0 unspecified atom stereocenters. The van der Waals surface area contributed by atoms with Crippen LogP contribution < -0.4 is 10.2 Å². The van der Waals surface area contributed by atoms with E-state index in [-0.39, 0.29) is 18.1 Å². The van der Waals surface area contributed by atoms with Crippen molar-refractivity contribution in [1.29, 1.82) is 0 Å². The second-order valence-electron chi connectivity index (χ2n) is 7.13. The Labute approximate surface area is 168 Å². The van der Waals surface area contributed by atoms with Crippen molar-refractivity contribution >= 4 is 17.3 Å². The number of nitrogens with zero attached hydrogens (tertiary/aromatic N) is 3. The maximum Gasteiger partial charge on any atom is 0.416 e. The number of anilines is 1. The highest BCUT2D eigenvalue weighted by molar-refractivity contribution is 5.78. The van der Waals surface area contributed by atoms with Gasteiger partial charge in [-0.3, -0.25) is 19.8 Å². The summed E-state index contributed by atoms with van der Waals surface area (Å²) in [7, 11) is 0. The van der Waals surface area contributed by atoms with Gasteiger partial charge in [-0.15, -0.1) is 0 Å². The molecule has 0 spiro atoms. The molecule has 0 atom stereocenters. The van der Waals surface area contributed by atoms with E-state index in [1.165, 1.54) is 0 Å². The Morgan fingerprint density at radius 3 is 2.45 bits per heavy atom. The molecule has 1 N–H and O–H groups in total. The first-order valence-corrected chi connectivity index (χ1v) is 9.82. The molecule has 1 aromatic carbocycles. The van der Waals surface area contributed by atoms with E-state index in [0.717, 1.165) is 37.8 Å². The molecule has 1 aromatic rings. The zero-order valence-electron chi connectivity index (χ0n) is 16.5. The Hall–Kier alpha value is -2.36. The molecular formula is C19H27F3N4O3. The van der Waals surface area contributed by atoms with Gasteiger partial charge in [0.25, 0.3) is 5.69 Å². The fourth-order valence-corrected chi connectivity index (χ4v) is 3.30. The number of nitro groups is 1. The molecule has 162 valence electrons. The number of benzene rings is 1. The lowest BCUT2D eigenvalue weighted by atomic mass is 10.1. The number of hydrogen-bond acceptors (Lipinski definition) is 5. The van der Waals surface area contributed by atoms with Crippen LogP contribution in [-0.2, 0) is 11.0 Å². The molecule has 0 aromatic heterocycles. The molecule has 7 nitrogen and oxygen atoms in total. The van der Waals surface area contributed by atoms with Gasteiger partial charge in [-0.25, -0.2) is 0 Å². The first kappa shape index (κ1) is 22.9. The van der Waals surface area contributed by atoms with E-state index in [1.807, 2.05) is 4.90 Å². The molecule has 1 heterocycles. The SMILES string of the molecule is CCCCCCNC(=O)CN1CCN(c2ccc(C(F)(F)F)cc2[N+](=O)[O-])CC1. The number of unbranched alkanes of at least 4 members (excludes halogenated alkanes) is 3. The lowest BCUT2D eigenvalue weighted by Gasteiger charge is -2.35. The molecule has 0 aliphatic carbocycles. The Balaban J connectivity index is 1.89. The van der Waals surface area contributed by atoms with Gasteiger partial charge in [-0.2, -0.15) is 13.2 Å². The Morgan fingerprint density at radius 1 is 1.17 bits per heavy atom. The second kappa shape index (κ2) is 10.4. The topological polar surface area (TPSA) is 78.7 Å². The first-order chi connectivity index (χ1) is 13.7. The summed E-state index contributed by atoms with van der Waals surface area (Å²) >= 11 is 0. The van der Waals surface area contributed by atoms with Crippen LogP contribution in [-0.4, -0.2) is 55.0 Å². The minimum atomic E-state index is -4.63. The molecule has 10 heteroatoms. The minimum Gasteiger partial charge on any atom is -0.363 e. The zero-order valence-corrected chi connectivity index (χ0v) is 16.5. The number of halogens is 3. The van der Waals surface area contributed by atoms with Crippen molar-refractivity contribution in [3.05, 3.63) is 33.9 Å². The number of hydrogen-bond donors (Lipinski definition) is 1. The standard InChI is InChI=1S/C19H27F3N4O3/c1-2-3-4-5-8-23-18(27)14-24-9-11-25(12-10-24)16-7-6-15(19(20,21)22)13-17(16)26(28)29/h6-7,13H,2-5,8-12,14H2,1H3,(H,23,27). The van der Waals surface area contributed by atoms with E-state index in [4.69, 9.17) is 0 Å². The fourth-order valence-electron chi connectivity index (χ4n) is 3.30. The van der Waals surface area contributed by atoms with E-state index in [1.54, 1.807) is 4.90 Å². The van der Waals surface area contributed by atoms with Crippen LogP contribution in [0.5, 0.6) is 0 Å². The van der Waals surface area contributed by atoms with Gasteiger partial charge in [0.1, 0.15) is 5.69 Å². The van der Waals surface area contributed by atoms with Crippen LogP contribution in [0.2, 0.25) is 0 Å². The highest BCUT2D eigenvalue weighted by Gasteiger charge is 2.34. The molecule has 0 saturated carbocycles. The number of alkyl halides is 3. The number of nitrogens with one attached hydrogen (secondary N) is 1. The van der Waals surface area contributed by atoms with E-state index in [9.17, 15) is 28.1 Å². The van der Waals surface area contributed by atoms with E-state index < -0.39 is 22.4 Å². The van der Waals surface area contributed by atoms with Gasteiger partial charge >= 0.3 is 6.18 Å². The number of carbonyl (C=O) groups is 1. The number of amides is 1. The van der Waals surface area contributed by atoms with Crippen molar-refractivity contribution in [2.75, 3.05) is 44.2 Å². The lowest BCUT2D eigenvalue weighted by Crippen LogP contribution is -2.49. The molecular weight excluding hydrogens is 389 g/mol. The summed E-state index contributed by atoms with van der Waals surface area (Å²) in [6.07, 6.45) is -0.318. The van der Waals surface area contributed by atoms with Gasteiger partial charge in [-0.1, -0.05) is 26.2 Å². The molecule has 2 rings (SSSR count). The Bertz CT molecular complexity index is 704. The highest BCUT2D eigenvalue weighted by atomic mass is 19.4. The number of piperazine rings is 1. The fraction of sp³-hybridized carbons (Fsp3) is 0.632. The normalized spacial score (nSPS) is 15.4. The third-order valence-electron chi connectivity index (χ3n) is 4.93.